The molecule has 2 aromatic carbocycles. The molecule has 0 heterocycles. The number of hydrogen-bond donors (Lipinski definition) is 0. The van der Waals surface area contributed by atoms with Crippen LogP contribution in [0.4, 0.5) is 0 Å². The first-order valence-corrected chi connectivity index (χ1v) is 7.80. The smallest absolute Gasteiger partial charge is 0.331 e. The van der Waals surface area contributed by atoms with Crippen molar-refractivity contribution in [2.75, 3.05) is 14.2 Å². The van der Waals surface area contributed by atoms with Gasteiger partial charge in [-0.05, 0) is 41.5 Å². The molecule has 0 aliphatic carbocycles. The summed E-state index contributed by atoms with van der Waals surface area (Å²) in [6.45, 7) is 0.117. The fourth-order valence-electron chi connectivity index (χ4n) is 1.95. The summed E-state index contributed by atoms with van der Waals surface area (Å²) in [7, 11) is 3.12. The van der Waals surface area contributed by atoms with E-state index < -0.39 is 5.97 Å². The van der Waals surface area contributed by atoms with Crippen LogP contribution in [0.1, 0.15) is 11.1 Å². The van der Waals surface area contributed by atoms with Crippen LogP contribution in [0.3, 0.4) is 0 Å². The van der Waals surface area contributed by atoms with Gasteiger partial charge < -0.3 is 14.2 Å². The Balaban J connectivity index is 1.96. The van der Waals surface area contributed by atoms with Gasteiger partial charge in [0.1, 0.15) is 6.61 Å². The Morgan fingerprint density at radius 3 is 2.42 bits per heavy atom. The molecule has 0 N–H and O–H groups in total. The highest BCUT2D eigenvalue weighted by Gasteiger charge is 2.05. The summed E-state index contributed by atoms with van der Waals surface area (Å²) in [5, 5.41) is 0.881. The Kier molecular flexibility index (Phi) is 6.53. The number of ether oxygens (including phenoxy) is 3. The van der Waals surface area contributed by atoms with Crippen molar-refractivity contribution in [2.45, 2.75) is 6.61 Å². The van der Waals surface area contributed by atoms with E-state index in [9.17, 15) is 4.79 Å². The van der Waals surface area contributed by atoms with Crippen LogP contribution in [0, 0.1) is 0 Å². The largest absolute Gasteiger partial charge is 0.493 e. The third kappa shape index (κ3) is 4.91. The summed E-state index contributed by atoms with van der Waals surface area (Å²) in [6, 6.07) is 10.4. The number of hydrogen-bond acceptors (Lipinski definition) is 4. The van der Waals surface area contributed by atoms with E-state index in [1.54, 1.807) is 50.6 Å². The summed E-state index contributed by atoms with van der Waals surface area (Å²) in [4.78, 5) is 11.8. The van der Waals surface area contributed by atoms with Gasteiger partial charge in [-0.15, -0.1) is 0 Å². The van der Waals surface area contributed by atoms with Gasteiger partial charge in [-0.3, -0.25) is 0 Å². The van der Waals surface area contributed by atoms with Crippen molar-refractivity contribution in [1.82, 2.24) is 0 Å². The van der Waals surface area contributed by atoms with Crippen LogP contribution in [0.15, 0.2) is 42.5 Å². The Labute approximate surface area is 150 Å². The van der Waals surface area contributed by atoms with Gasteiger partial charge in [0.25, 0.3) is 0 Å². The van der Waals surface area contributed by atoms with E-state index in [2.05, 4.69) is 0 Å². The van der Waals surface area contributed by atoms with Crippen LogP contribution in [0.5, 0.6) is 11.5 Å². The lowest BCUT2D eigenvalue weighted by Crippen LogP contribution is -2.00. The van der Waals surface area contributed by atoms with Gasteiger partial charge in [-0.1, -0.05) is 35.3 Å². The van der Waals surface area contributed by atoms with Gasteiger partial charge in [-0.25, -0.2) is 4.79 Å². The minimum atomic E-state index is -0.462. The van der Waals surface area contributed by atoms with Crippen molar-refractivity contribution in [2.24, 2.45) is 0 Å². The SMILES string of the molecule is COc1ccc(C=CC(=O)OCc2ccc(Cl)c(Cl)c2)cc1OC. The lowest BCUT2D eigenvalue weighted by Gasteiger charge is -2.07. The second-order valence-electron chi connectivity index (χ2n) is 4.80. The molecule has 2 rings (SSSR count). The average Bonchev–Trinajstić information content (AvgIpc) is 2.60. The van der Waals surface area contributed by atoms with Gasteiger partial charge in [0, 0.05) is 6.08 Å². The average molecular weight is 367 g/mol. The number of carbonyl (C=O) groups is 1. The third-order valence-electron chi connectivity index (χ3n) is 3.18. The molecule has 2 aromatic rings. The zero-order valence-electron chi connectivity index (χ0n) is 13.2. The topological polar surface area (TPSA) is 44.8 Å². The monoisotopic (exact) mass is 366 g/mol. The first-order valence-electron chi connectivity index (χ1n) is 7.04. The molecule has 0 unspecified atom stereocenters. The second-order valence-corrected chi connectivity index (χ2v) is 5.62. The van der Waals surface area contributed by atoms with E-state index >= 15 is 0 Å². The van der Waals surface area contributed by atoms with Gasteiger partial charge in [0.05, 0.1) is 24.3 Å². The Morgan fingerprint density at radius 1 is 1.00 bits per heavy atom. The molecule has 0 aliphatic heterocycles. The molecule has 126 valence electrons. The molecule has 0 bridgehead atoms. The molecular weight excluding hydrogens is 351 g/mol. The van der Waals surface area contributed by atoms with E-state index in [4.69, 9.17) is 37.4 Å². The maximum absolute atomic E-state index is 11.8. The van der Waals surface area contributed by atoms with Crippen molar-refractivity contribution in [1.29, 1.82) is 0 Å². The minimum Gasteiger partial charge on any atom is -0.493 e. The summed E-state index contributed by atoms with van der Waals surface area (Å²) in [5.41, 5.74) is 1.55. The van der Waals surface area contributed by atoms with Crippen LogP contribution < -0.4 is 9.47 Å². The van der Waals surface area contributed by atoms with Crippen LogP contribution >= 0.6 is 23.2 Å². The highest BCUT2D eigenvalue weighted by atomic mass is 35.5. The van der Waals surface area contributed by atoms with E-state index in [1.165, 1.54) is 6.08 Å². The second kappa shape index (κ2) is 8.62. The van der Waals surface area contributed by atoms with E-state index in [0.29, 0.717) is 21.5 Å². The number of esters is 1. The Bertz CT molecular complexity index is 757. The highest BCUT2D eigenvalue weighted by molar-refractivity contribution is 6.42. The van der Waals surface area contributed by atoms with Gasteiger partial charge >= 0.3 is 5.97 Å². The third-order valence-corrected chi connectivity index (χ3v) is 3.92. The zero-order valence-corrected chi connectivity index (χ0v) is 14.7. The lowest BCUT2D eigenvalue weighted by molar-refractivity contribution is -0.138. The molecule has 0 saturated heterocycles. The van der Waals surface area contributed by atoms with Crippen molar-refractivity contribution in [3.63, 3.8) is 0 Å². The first-order chi connectivity index (χ1) is 11.5. The molecule has 4 nitrogen and oxygen atoms in total. The van der Waals surface area contributed by atoms with E-state index in [0.717, 1.165) is 11.1 Å². The molecule has 0 saturated carbocycles. The molecule has 0 spiro atoms. The Hall–Kier alpha value is -2.17. The van der Waals surface area contributed by atoms with Crippen molar-refractivity contribution >= 4 is 35.2 Å². The molecule has 0 amide bonds. The van der Waals surface area contributed by atoms with Crippen molar-refractivity contribution in [3.05, 3.63) is 63.6 Å². The quantitative estimate of drug-likeness (QED) is 0.545. The number of carbonyl (C=O) groups excluding carboxylic acids is 1. The van der Waals surface area contributed by atoms with E-state index in [1.807, 2.05) is 6.07 Å². The molecular formula is C18H16Cl2O4. The summed E-state index contributed by atoms with van der Waals surface area (Å²) in [6.07, 6.45) is 2.98. The molecule has 0 atom stereocenters. The number of halogens is 2. The fraction of sp³-hybridized carbons (Fsp3) is 0.167. The number of benzene rings is 2. The summed E-state index contributed by atoms with van der Waals surface area (Å²) < 4.78 is 15.5. The highest BCUT2D eigenvalue weighted by Crippen LogP contribution is 2.28. The molecule has 24 heavy (non-hydrogen) atoms. The molecule has 6 heteroatoms. The number of rotatable bonds is 6. The predicted octanol–water partition coefficient (Wildman–Crippen LogP) is 4.77. The van der Waals surface area contributed by atoms with Gasteiger partial charge in [0.2, 0.25) is 0 Å². The van der Waals surface area contributed by atoms with Crippen molar-refractivity contribution in [3.8, 4) is 11.5 Å². The maximum Gasteiger partial charge on any atom is 0.331 e. The van der Waals surface area contributed by atoms with Crippen LogP contribution in [0.25, 0.3) is 6.08 Å². The predicted molar refractivity (Wildman–Crippen MR) is 94.8 cm³/mol. The lowest BCUT2D eigenvalue weighted by atomic mass is 10.2. The fourth-order valence-corrected chi connectivity index (χ4v) is 2.27. The maximum atomic E-state index is 11.8. The van der Waals surface area contributed by atoms with E-state index in [-0.39, 0.29) is 6.61 Å². The standard InChI is InChI=1S/C18H16Cl2O4/c1-22-16-7-4-12(10-17(16)23-2)5-8-18(21)24-11-13-3-6-14(19)15(20)9-13/h3-10H,11H2,1-2H3. The van der Waals surface area contributed by atoms with Crippen molar-refractivity contribution < 1.29 is 19.0 Å². The summed E-state index contributed by atoms with van der Waals surface area (Å²) >= 11 is 11.8. The van der Waals surface area contributed by atoms with Gasteiger partial charge in [-0.2, -0.15) is 0 Å². The zero-order chi connectivity index (χ0) is 17.5. The van der Waals surface area contributed by atoms with Crippen LogP contribution in [-0.4, -0.2) is 20.2 Å². The Morgan fingerprint density at radius 2 is 1.75 bits per heavy atom. The molecule has 0 aromatic heterocycles. The molecule has 0 aliphatic rings. The van der Waals surface area contributed by atoms with Crippen LogP contribution in [0.2, 0.25) is 10.0 Å². The molecule has 0 radical (unpaired) electrons. The summed E-state index contributed by atoms with van der Waals surface area (Å²) in [5.74, 6) is 0.747. The normalized spacial score (nSPS) is 10.7. The number of methoxy groups -OCH3 is 2. The first kappa shape index (κ1) is 18.2. The minimum absolute atomic E-state index is 0.117. The van der Waals surface area contributed by atoms with Gasteiger partial charge in [0.15, 0.2) is 11.5 Å². The molecule has 0 fully saturated rings. The van der Waals surface area contributed by atoms with Crippen LogP contribution in [-0.2, 0) is 16.1 Å².